The van der Waals surface area contributed by atoms with Crippen molar-refractivity contribution in [1.82, 2.24) is 0 Å². The molecule has 0 radical (unpaired) electrons. The Labute approximate surface area is 128 Å². The maximum atomic E-state index is 6.38. The summed E-state index contributed by atoms with van der Waals surface area (Å²) in [4.78, 5) is 2.28. The fourth-order valence-electron chi connectivity index (χ4n) is 2.01. The van der Waals surface area contributed by atoms with Crippen molar-refractivity contribution < 1.29 is 0 Å². The normalized spacial score (nSPS) is 10.5. The van der Waals surface area contributed by atoms with Gasteiger partial charge in [0.1, 0.15) is 0 Å². The second-order valence-corrected chi connectivity index (χ2v) is 5.76. The van der Waals surface area contributed by atoms with Crippen LogP contribution in [0.4, 0.5) is 11.4 Å². The second kappa shape index (κ2) is 6.97. The van der Waals surface area contributed by atoms with Crippen LogP contribution < -0.4 is 4.90 Å². The molecule has 100 valence electrons. The van der Waals surface area contributed by atoms with E-state index >= 15 is 0 Å². The molecule has 0 aliphatic heterocycles. The molecule has 0 bridgehead atoms. The molecule has 0 aromatic heterocycles. The van der Waals surface area contributed by atoms with Crippen LogP contribution in [0.5, 0.6) is 0 Å². The van der Waals surface area contributed by atoms with Crippen LogP contribution in [-0.4, -0.2) is 6.54 Å². The maximum Gasteiger partial charge on any atom is 0.0654 e. The number of benzene rings is 2. The molecule has 0 saturated heterocycles. The molecule has 0 atom stereocenters. The zero-order valence-corrected chi connectivity index (χ0v) is 13.3. The lowest BCUT2D eigenvalue weighted by Crippen LogP contribution is -2.18. The summed E-state index contributed by atoms with van der Waals surface area (Å²) in [5, 5.41) is 0.773. The molecule has 0 amide bonds. The molecule has 0 unspecified atom stereocenters. The molecule has 0 spiro atoms. The molecule has 2 rings (SSSR count). The topological polar surface area (TPSA) is 3.24 Å². The zero-order chi connectivity index (χ0) is 13.7. The predicted octanol–water partition coefficient (Wildman–Crippen LogP) is 6.04. The number of para-hydroxylation sites is 1. The number of hydrogen-bond donors (Lipinski definition) is 0. The van der Waals surface area contributed by atoms with Gasteiger partial charge in [-0.05, 0) is 36.8 Å². The van der Waals surface area contributed by atoms with Crippen molar-refractivity contribution in [3.8, 4) is 0 Å². The first-order valence-electron chi connectivity index (χ1n) is 6.50. The number of rotatable bonds is 5. The van der Waals surface area contributed by atoms with E-state index in [0.29, 0.717) is 0 Å². The number of halogens is 2. The third-order valence-electron chi connectivity index (χ3n) is 3.00. The first-order valence-corrected chi connectivity index (χ1v) is 7.67. The Morgan fingerprint density at radius 3 is 2.47 bits per heavy atom. The molecule has 2 aromatic rings. The molecule has 0 saturated carbocycles. The third kappa shape index (κ3) is 3.74. The van der Waals surface area contributed by atoms with Gasteiger partial charge < -0.3 is 4.90 Å². The van der Waals surface area contributed by atoms with Crippen molar-refractivity contribution >= 4 is 38.9 Å². The summed E-state index contributed by atoms with van der Waals surface area (Å²) in [6.07, 6.45) is 2.30. The van der Waals surface area contributed by atoms with Gasteiger partial charge in [0.2, 0.25) is 0 Å². The van der Waals surface area contributed by atoms with Crippen LogP contribution in [0.15, 0.2) is 53.0 Å². The van der Waals surface area contributed by atoms with Crippen LogP contribution in [0.1, 0.15) is 19.8 Å². The molecule has 0 aliphatic carbocycles. The Bertz CT molecular complexity index is 528. The summed E-state index contributed by atoms with van der Waals surface area (Å²) >= 11 is 9.83. The lowest BCUT2D eigenvalue weighted by Gasteiger charge is -2.26. The summed E-state index contributed by atoms with van der Waals surface area (Å²) < 4.78 is 1.00. The van der Waals surface area contributed by atoms with Gasteiger partial charge in [-0.2, -0.15) is 0 Å². The highest BCUT2D eigenvalue weighted by molar-refractivity contribution is 9.10. The molecular formula is C16H17BrClN. The fourth-order valence-corrected chi connectivity index (χ4v) is 2.79. The van der Waals surface area contributed by atoms with E-state index in [1.54, 1.807) is 0 Å². The van der Waals surface area contributed by atoms with Crippen LogP contribution in [0.3, 0.4) is 0 Å². The second-order valence-electron chi connectivity index (χ2n) is 4.44. The van der Waals surface area contributed by atoms with E-state index in [2.05, 4.69) is 58.1 Å². The SMILES string of the molecule is CCCCN(c1ccccc1)c1ccc(Br)cc1Cl. The van der Waals surface area contributed by atoms with E-state index in [9.17, 15) is 0 Å². The lowest BCUT2D eigenvalue weighted by atomic mass is 10.2. The highest BCUT2D eigenvalue weighted by Gasteiger charge is 2.12. The van der Waals surface area contributed by atoms with Crippen LogP contribution in [0.2, 0.25) is 5.02 Å². The fraction of sp³-hybridized carbons (Fsp3) is 0.250. The van der Waals surface area contributed by atoms with E-state index in [0.717, 1.165) is 34.6 Å². The first kappa shape index (κ1) is 14.4. The smallest absolute Gasteiger partial charge is 0.0654 e. The minimum absolute atomic E-state index is 0.773. The van der Waals surface area contributed by atoms with E-state index in [1.807, 2.05) is 18.2 Å². The minimum atomic E-state index is 0.773. The average Bonchev–Trinajstić information content (AvgIpc) is 2.42. The number of anilines is 2. The summed E-state index contributed by atoms with van der Waals surface area (Å²) in [5.41, 5.74) is 2.24. The Morgan fingerprint density at radius 2 is 1.84 bits per heavy atom. The van der Waals surface area contributed by atoms with E-state index in [1.165, 1.54) is 5.69 Å². The molecule has 0 aliphatic rings. The van der Waals surface area contributed by atoms with Gasteiger partial charge in [-0.25, -0.2) is 0 Å². The number of nitrogens with zero attached hydrogens (tertiary/aromatic N) is 1. The van der Waals surface area contributed by atoms with Gasteiger partial charge in [0.05, 0.1) is 10.7 Å². The van der Waals surface area contributed by atoms with Gasteiger partial charge in [0, 0.05) is 16.7 Å². The average molecular weight is 339 g/mol. The van der Waals surface area contributed by atoms with Crippen molar-refractivity contribution in [1.29, 1.82) is 0 Å². The van der Waals surface area contributed by atoms with Gasteiger partial charge in [0.15, 0.2) is 0 Å². The van der Waals surface area contributed by atoms with Crippen LogP contribution in [0, 0.1) is 0 Å². The van der Waals surface area contributed by atoms with Crippen molar-refractivity contribution in [3.63, 3.8) is 0 Å². The Morgan fingerprint density at radius 1 is 1.11 bits per heavy atom. The van der Waals surface area contributed by atoms with Crippen molar-refractivity contribution in [2.45, 2.75) is 19.8 Å². The van der Waals surface area contributed by atoms with Gasteiger partial charge >= 0.3 is 0 Å². The highest BCUT2D eigenvalue weighted by Crippen LogP contribution is 2.33. The minimum Gasteiger partial charge on any atom is -0.340 e. The molecular weight excluding hydrogens is 322 g/mol. The van der Waals surface area contributed by atoms with Gasteiger partial charge in [-0.1, -0.05) is 59.1 Å². The van der Waals surface area contributed by atoms with Crippen LogP contribution in [-0.2, 0) is 0 Å². The molecule has 1 nitrogen and oxygen atoms in total. The summed E-state index contributed by atoms with van der Waals surface area (Å²) in [7, 11) is 0. The third-order valence-corrected chi connectivity index (χ3v) is 3.80. The molecule has 3 heteroatoms. The monoisotopic (exact) mass is 337 g/mol. The predicted molar refractivity (Wildman–Crippen MR) is 87.5 cm³/mol. The molecule has 0 heterocycles. The molecule has 2 aromatic carbocycles. The first-order chi connectivity index (χ1) is 9.22. The Balaban J connectivity index is 2.37. The lowest BCUT2D eigenvalue weighted by molar-refractivity contribution is 0.786. The summed E-state index contributed by atoms with van der Waals surface area (Å²) in [6, 6.07) is 16.4. The van der Waals surface area contributed by atoms with Crippen LogP contribution in [0.25, 0.3) is 0 Å². The molecule has 0 fully saturated rings. The quantitative estimate of drug-likeness (QED) is 0.642. The molecule has 0 N–H and O–H groups in total. The van der Waals surface area contributed by atoms with Crippen molar-refractivity contribution in [2.24, 2.45) is 0 Å². The Kier molecular flexibility index (Phi) is 5.29. The van der Waals surface area contributed by atoms with Gasteiger partial charge in [-0.3, -0.25) is 0 Å². The van der Waals surface area contributed by atoms with E-state index in [4.69, 9.17) is 11.6 Å². The van der Waals surface area contributed by atoms with Gasteiger partial charge in [-0.15, -0.1) is 0 Å². The summed E-state index contributed by atoms with van der Waals surface area (Å²) in [6.45, 7) is 3.17. The van der Waals surface area contributed by atoms with Crippen molar-refractivity contribution in [2.75, 3.05) is 11.4 Å². The van der Waals surface area contributed by atoms with E-state index < -0.39 is 0 Å². The van der Waals surface area contributed by atoms with Gasteiger partial charge in [0.25, 0.3) is 0 Å². The zero-order valence-electron chi connectivity index (χ0n) is 10.9. The molecule has 19 heavy (non-hydrogen) atoms. The maximum absolute atomic E-state index is 6.38. The van der Waals surface area contributed by atoms with Crippen molar-refractivity contribution in [3.05, 3.63) is 58.0 Å². The van der Waals surface area contributed by atoms with E-state index in [-0.39, 0.29) is 0 Å². The number of unbranched alkanes of at least 4 members (excludes halogenated alkanes) is 1. The standard InChI is InChI=1S/C16H17BrClN/c1-2-3-11-19(14-7-5-4-6-8-14)16-10-9-13(17)12-15(16)18/h4-10,12H,2-3,11H2,1H3. The summed E-state index contributed by atoms with van der Waals surface area (Å²) in [5.74, 6) is 0. The largest absolute Gasteiger partial charge is 0.340 e. The Hall–Kier alpha value is -0.990. The highest BCUT2D eigenvalue weighted by atomic mass is 79.9. The van der Waals surface area contributed by atoms with Crippen LogP contribution >= 0.6 is 27.5 Å². The number of hydrogen-bond acceptors (Lipinski definition) is 1.